The van der Waals surface area contributed by atoms with Gasteiger partial charge in [-0.25, -0.2) is 14.3 Å². The minimum Gasteiger partial charge on any atom is -0.438 e. The molecule has 0 amide bonds. The van der Waals surface area contributed by atoms with Crippen LogP contribution in [0.25, 0.3) is 11.0 Å². The molecule has 1 aliphatic heterocycles. The molecule has 1 aromatic carbocycles. The van der Waals surface area contributed by atoms with Gasteiger partial charge in [-0.3, -0.25) is 0 Å². The summed E-state index contributed by atoms with van der Waals surface area (Å²) in [5, 5.41) is 0.142. The van der Waals surface area contributed by atoms with Crippen molar-refractivity contribution in [2.75, 3.05) is 0 Å². The van der Waals surface area contributed by atoms with E-state index in [0.717, 1.165) is 11.1 Å². The van der Waals surface area contributed by atoms with Crippen molar-refractivity contribution in [3.8, 4) is 0 Å². The van der Waals surface area contributed by atoms with E-state index < -0.39 is 11.7 Å². The van der Waals surface area contributed by atoms with Gasteiger partial charge in [0.1, 0.15) is 5.60 Å². The summed E-state index contributed by atoms with van der Waals surface area (Å²) in [5.74, 6) is 0. The standard InChI is InChI=1S/C11H9ClN2O2/c1-11(2)6-4-3-5-7-8(6)14(9(12)13-7)10(15)16-11/h3-5H,1-2H3. The number of halogens is 1. The number of carbonyl (C=O) groups excluding carboxylic acids is 1. The fourth-order valence-electron chi connectivity index (χ4n) is 2.07. The number of carbonyl (C=O) groups is 1. The van der Waals surface area contributed by atoms with E-state index in [9.17, 15) is 4.79 Å². The molecule has 0 radical (unpaired) electrons. The Morgan fingerprint density at radius 1 is 1.44 bits per heavy atom. The molecule has 0 aliphatic carbocycles. The van der Waals surface area contributed by atoms with E-state index in [1.807, 2.05) is 32.0 Å². The number of para-hydroxylation sites is 1. The maximum atomic E-state index is 11.8. The van der Waals surface area contributed by atoms with Crippen LogP contribution in [0.15, 0.2) is 18.2 Å². The number of nitrogens with zero attached hydrogens (tertiary/aromatic N) is 2. The second kappa shape index (κ2) is 2.77. The fourth-order valence-corrected chi connectivity index (χ4v) is 2.31. The van der Waals surface area contributed by atoms with Gasteiger partial charge in [-0.05, 0) is 31.5 Å². The monoisotopic (exact) mass is 236 g/mol. The molecular formula is C11H9ClN2O2. The summed E-state index contributed by atoms with van der Waals surface area (Å²) in [6.45, 7) is 3.70. The Hall–Kier alpha value is -1.55. The Kier molecular flexibility index (Phi) is 1.67. The van der Waals surface area contributed by atoms with Gasteiger partial charge in [-0.2, -0.15) is 0 Å². The predicted molar refractivity (Wildman–Crippen MR) is 59.6 cm³/mol. The summed E-state index contributed by atoms with van der Waals surface area (Å²) < 4.78 is 6.63. The molecule has 0 N–H and O–H groups in total. The number of hydrogen-bond acceptors (Lipinski definition) is 3. The SMILES string of the molecule is CC1(C)OC(=O)n2c(Cl)nc3cccc1c32. The second-order valence-corrected chi connectivity index (χ2v) is 4.61. The minimum atomic E-state index is -0.643. The molecule has 0 spiro atoms. The normalized spacial score (nSPS) is 17.6. The van der Waals surface area contributed by atoms with E-state index >= 15 is 0 Å². The van der Waals surface area contributed by atoms with Crippen molar-refractivity contribution in [2.24, 2.45) is 0 Å². The van der Waals surface area contributed by atoms with Crippen LogP contribution in [0.5, 0.6) is 0 Å². The fraction of sp³-hybridized carbons (Fsp3) is 0.273. The van der Waals surface area contributed by atoms with Gasteiger partial charge in [0.15, 0.2) is 0 Å². The van der Waals surface area contributed by atoms with Crippen molar-refractivity contribution in [3.05, 3.63) is 29.0 Å². The quantitative estimate of drug-likeness (QED) is 0.706. The van der Waals surface area contributed by atoms with E-state index in [1.165, 1.54) is 4.57 Å². The van der Waals surface area contributed by atoms with Gasteiger partial charge in [0.05, 0.1) is 11.0 Å². The summed E-state index contributed by atoms with van der Waals surface area (Å²) in [7, 11) is 0. The van der Waals surface area contributed by atoms with Crippen LogP contribution < -0.4 is 0 Å². The molecule has 0 saturated heterocycles. The number of imidazole rings is 1. The Morgan fingerprint density at radius 2 is 2.19 bits per heavy atom. The van der Waals surface area contributed by atoms with Crippen LogP contribution in [0.4, 0.5) is 4.79 Å². The molecule has 0 unspecified atom stereocenters. The van der Waals surface area contributed by atoms with Gasteiger partial charge in [0.2, 0.25) is 5.28 Å². The Balaban J connectivity index is 2.53. The van der Waals surface area contributed by atoms with Crippen molar-refractivity contribution in [1.82, 2.24) is 9.55 Å². The predicted octanol–water partition coefficient (Wildman–Crippen LogP) is 2.92. The molecule has 0 bridgehead atoms. The summed E-state index contributed by atoms with van der Waals surface area (Å²) in [4.78, 5) is 15.9. The smallest absolute Gasteiger partial charge is 0.421 e. The lowest BCUT2D eigenvalue weighted by Crippen LogP contribution is -2.33. The molecular weight excluding hydrogens is 228 g/mol. The molecule has 0 fully saturated rings. The number of ether oxygens (including phenoxy) is 1. The molecule has 16 heavy (non-hydrogen) atoms. The lowest BCUT2D eigenvalue weighted by molar-refractivity contribution is 0.0331. The van der Waals surface area contributed by atoms with Crippen LogP contribution in [-0.2, 0) is 10.3 Å². The number of rotatable bonds is 0. The van der Waals surface area contributed by atoms with Gasteiger partial charge < -0.3 is 4.74 Å². The molecule has 1 aliphatic rings. The number of aromatic nitrogens is 2. The Morgan fingerprint density at radius 3 is 2.94 bits per heavy atom. The average Bonchev–Trinajstić information content (AvgIpc) is 2.50. The number of benzene rings is 1. The third kappa shape index (κ3) is 1.05. The van der Waals surface area contributed by atoms with Crippen LogP contribution in [0.3, 0.4) is 0 Å². The van der Waals surface area contributed by atoms with Gasteiger partial charge in [0.25, 0.3) is 0 Å². The zero-order chi connectivity index (χ0) is 11.5. The van der Waals surface area contributed by atoms with Crippen LogP contribution in [-0.4, -0.2) is 15.6 Å². The Labute approximate surface area is 96.8 Å². The van der Waals surface area contributed by atoms with Gasteiger partial charge in [-0.15, -0.1) is 0 Å². The topological polar surface area (TPSA) is 44.1 Å². The highest BCUT2D eigenvalue weighted by Crippen LogP contribution is 2.37. The molecule has 1 aromatic heterocycles. The zero-order valence-corrected chi connectivity index (χ0v) is 9.58. The summed E-state index contributed by atoms with van der Waals surface area (Å²) in [5.41, 5.74) is 1.74. The highest BCUT2D eigenvalue weighted by Gasteiger charge is 2.36. The molecule has 4 nitrogen and oxygen atoms in total. The first-order valence-corrected chi connectivity index (χ1v) is 5.29. The maximum absolute atomic E-state index is 11.8. The summed E-state index contributed by atoms with van der Waals surface area (Å²) in [6, 6.07) is 5.63. The van der Waals surface area contributed by atoms with Crippen LogP contribution in [0.2, 0.25) is 5.28 Å². The van der Waals surface area contributed by atoms with Crippen LogP contribution in [0.1, 0.15) is 19.4 Å². The first-order valence-electron chi connectivity index (χ1n) is 4.91. The van der Waals surface area contributed by atoms with Crippen LogP contribution >= 0.6 is 11.6 Å². The lowest BCUT2D eigenvalue weighted by atomic mass is 9.95. The lowest BCUT2D eigenvalue weighted by Gasteiger charge is -2.30. The van der Waals surface area contributed by atoms with Crippen molar-refractivity contribution < 1.29 is 9.53 Å². The molecule has 3 rings (SSSR count). The third-order valence-electron chi connectivity index (χ3n) is 2.81. The van der Waals surface area contributed by atoms with Gasteiger partial charge >= 0.3 is 6.09 Å². The molecule has 82 valence electrons. The first-order chi connectivity index (χ1) is 7.50. The first kappa shape index (κ1) is 9.66. The average molecular weight is 237 g/mol. The van der Waals surface area contributed by atoms with Gasteiger partial charge in [-0.1, -0.05) is 12.1 Å². The minimum absolute atomic E-state index is 0.142. The van der Waals surface area contributed by atoms with Crippen molar-refractivity contribution in [2.45, 2.75) is 19.4 Å². The molecule has 0 saturated carbocycles. The van der Waals surface area contributed by atoms with Crippen molar-refractivity contribution >= 4 is 28.7 Å². The van der Waals surface area contributed by atoms with E-state index in [1.54, 1.807) is 0 Å². The Bertz CT molecular complexity index is 616. The van der Waals surface area contributed by atoms with E-state index in [2.05, 4.69) is 4.98 Å². The van der Waals surface area contributed by atoms with Crippen molar-refractivity contribution in [1.29, 1.82) is 0 Å². The summed E-state index contributed by atoms with van der Waals surface area (Å²) >= 11 is 5.91. The molecule has 5 heteroatoms. The highest BCUT2D eigenvalue weighted by molar-refractivity contribution is 6.30. The van der Waals surface area contributed by atoms with E-state index in [-0.39, 0.29) is 5.28 Å². The van der Waals surface area contributed by atoms with Crippen molar-refractivity contribution in [3.63, 3.8) is 0 Å². The number of hydrogen-bond donors (Lipinski definition) is 0. The zero-order valence-electron chi connectivity index (χ0n) is 8.82. The largest absolute Gasteiger partial charge is 0.438 e. The van der Waals surface area contributed by atoms with Crippen LogP contribution in [0, 0.1) is 0 Å². The maximum Gasteiger partial charge on any atom is 0.421 e. The van der Waals surface area contributed by atoms with Gasteiger partial charge in [0, 0.05) is 5.56 Å². The highest BCUT2D eigenvalue weighted by atomic mass is 35.5. The van der Waals surface area contributed by atoms with E-state index in [0.29, 0.717) is 5.52 Å². The summed E-state index contributed by atoms with van der Waals surface area (Å²) in [6.07, 6.45) is -0.476. The third-order valence-corrected chi connectivity index (χ3v) is 3.06. The number of cyclic esters (lactones) is 1. The molecule has 0 atom stereocenters. The molecule has 2 aromatic rings. The van der Waals surface area contributed by atoms with E-state index in [4.69, 9.17) is 16.3 Å². The second-order valence-electron chi connectivity index (χ2n) is 4.27. The molecule has 2 heterocycles.